The van der Waals surface area contributed by atoms with E-state index in [0.29, 0.717) is 6.54 Å². The maximum Gasteiger partial charge on any atom is 0.222 e. The lowest BCUT2D eigenvalue weighted by molar-refractivity contribution is -0.122. The molecule has 5 nitrogen and oxygen atoms in total. The lowest BCUT2D eigenvalue weighted by Gasteiger charge is -2.24. The number of nitrogens with one attached hydrogen (secondary N) is 2. The number of sulfone groups is 1. The lowest BCUT2D eigenvalue weighted by Crippen LogP contribution is -2.47. The third kappa shape index (κ3) is 5.09. The number of carbonyl (C=O) groups is 1. The molecule has 1 unspecified atom stereocenters. The standard InChI is InChI=1S/C14H19BrN2O3S/c1-10(11-3-2-4-12(15)7-11)17-14(18)8-13-9-21(19,20)6-5-16-13/h2-4,7,10,13,16H,5-6,8-9H2,1H3,(H,17,18)/t10-,13?/m0/s1. The number of amides is 1. The van der Waals surface area contributed by atoms with Gasteiger partial charge in [0.1, 0.15) is 0 Å². The largest absolute Gasteiger partial charge is 0.350 e. The van der Waals surface area contributed by atoms with E-state index >= 15 is 0 Å². The van der Waals surface area contributed by atoms with Crippen LogP contribution in [0, 0.1) is 0 Å². The lowest BCUT2D eigenvalue weighted by atomic mass is 10.1. The predicted octanol–water partition coefficient (Wildman–Crippen LogP) is 1.40. The van der Waals surface area contributed by atoms with Crippen LogP contribution in [0.1, 0.15) is 24.9 Å². The minimum absolute atomic E-state index is 0.0334. The molecule has 0 radical (unpaired) electrons. The smallest absolute Gasteiger partial charge is 0.222 e. The SMILES string of the molecule is C[C@H](NC(=O)CC1CS(=O)(=O)CCN1)c1cccc(Br)c1. The summed E-state index contributed by atoms with van der Waals surface area (Å²) in [6, 6.07) is 7.33. The van der Waals surface area contributed by atoms with E-state index in [2.05, 4.69) is 26.6 Å². The zero-order valence-corrected chi connectivity index (χ0v) is 14.2. The van der Waals surface area contributed by atoms with E-state index < -0.39 is 9.84 Å². The zero-order chi connectivity index (χ0) is 15.5. The van der Waals surface area contributed by atoms with E-state index in [-0.39, 0.29) is 35.9 Å². The second kappa shape index (κ2) is 6.89. The van der Waals surface area contributed by atoms with Gasteiger partial charge in [-0.2, -0.15) is 0 Å². The number of hydrogen-bond acceptors (Lipinski definition) is 4. The normalized spacial score (nSPS) is 22.5. The zero-order valence-electron chi connectivity index (χ0n) is 11.8. The highest BCUT2D eigenvalue weighted by atomic mass is 79.9. The van der Waals surface area contributed by atoms with Gasteiger partial charge in [-0.1, -0.05) is 28.1 Å². The van der Waals surface area contributed by atoms with E-state index in [1.54, 1.807) is 0 Å². The van der Waals surface area contributed by atoms with Crippen LogP contribution < -0.4 is 10.6 Å². The molecule has 0 saturated carbocycles. The Hall–Kier alpha value is -0.920. The van der Waals surface area contributed by atoms with Crippen LogP contribution in [0.15, 0.2) is 28.7 Å². The van der Waals surface area contributed by atoms with Crippen molar-refractivity contribution in [2.24, 2.45) is 0 Å². The van der Waals surface area contributed by atoms with Gasteiger partial charge in [0.15, 0.2) is 9.84 Å². The minimum atomic E-state index is -3.01. The van der Waals surface area contributed by atoms with Gasteiger partial charge >= 0.3 is 0 Å². The number of carbonyl (C=O) groups excluding carboxylic acids is 1. The van der Waals surface area contributed by atoms with Crippen molar-refractivity contribution in [3.8, 4) is 0 Å². The monoisotopic (exact) mass is 374 g/mol. The molecule has 116 valence electrons. The highest BCUT2D eigenvalue weighted by molar-refractivity contribution is 9.10. The van der Waals surface area contributed by atoms with Crippen LogP contribution in [0.25, 0.3) is 0 Å². The molecular weight excluding hydrogens is 356 g/mol. The van der Waals surface area contributed by atoms with Crippen LogP contribution in [-0.4, -0.2) is 38.4 Å². The van der Waals surface area contributed by atoms with Gasteiger partial charge in [0, 0.05) is 23.5 Å². The van der Waals surface area contributed by atoms with Crippen LogP contribution in [-0.2, 0) is 14.6 Å². The number of benzene rings is 1. The molecule has 1 aliphatic heterocycles. The molecule has 0 spiro atoms. The van der Waals surface area contributed by atoms with Gasteiger partial charge in [-0.3, -0.25) is 4.79 Å². The number of halogens is 1. The third-order valence-electron chi connectivity index (χ3n) is 3.46. The van der Waals surface area contributed by atoms with Crippen LogP contribution >= 0.6 is 15.9 Å². The molecule has 1 heterocycles. The highest BCUT2D eigenvalue weighted by Gasteiger charge is 2.26. The van der Waals surface area contributed by atoms with Crippen LogP contribution in [0.2, 0.25) is 0 Å². The topological polar surface area (TPSA) is 75.3 Å². The molecule has 1 aromatic carbocycles. The summed E-state index contributed by atoms with van der Waals surface area (Å²) in [4.78, 5) is 12.0. The van der Waals surface area contributed by atoms with Gasteiger partial charge in [0.05, 0.1) is 17.5 Å². The van der Waals surface area contributed by atoms with Crippen molar-refractivity contribution in [3.05, 3.63) is 34.3 Å². The Morgan fingerprint density at radius 3 is 2.95 bits per heavy atom. The van der Waals surface area contributed by atoms with Crippen LogP contribution in [0.5, 0.6) is 0 Å². The van der Waals surface area contributed by atoms with Crippen molar-refractivity contribution in [2.45, 2.75) is 25.4 Å². The molecule has 1 saturated heterocycles. The molecule has 7 heteroatoms. The number of rotatable bonds is 4. The Balaban J connectivity index is 1.89. The van der Waals surface area contributed by atoms with Gasteiger partial charge < -0.3 is 10.6 Å². The molecule has 21 heavy (non-hydrogen) atoms. The summed E-state index contributed by atoms with van der Waals surface area (Å²) >= 11 is 3.40. The van der Waals surface area contributed by atoms with E-state index in [9.17, 15) is 13.2 Å². The quantitative estimate of drug-likeness (QED) is 0.835. The van der Waals surface area contributed by atoms with Crippen LogP contribution in [0.4, 0.5) is 0 Å². The van der Waals surface area contributed by atoms with Crippen molar-refractivity contribution in [2.75, 3.05) is 18.1 Å². The molecule has 0 bridgehead atoms. The highest BCUT2D eigenvalue weighted by Crippen LogP contribution is 2.18. The Kier molecular flexibility index (Phi) is 5.40. The van der Waals surface area contributed by atoms with Gasteiger partial charge in [0.25, 0.3) is 0 Å². The summed E-state index contributed by atoms with van der Waals surface area (Å²) in [6.07, 6.45) is 0.178. The summed E-state index contributed by atoms with van der Waals surface area (Å²) in [6.45, 7) is 2.33. The molecule has 2 rings (SSSR count). The minimum Gasteiger partial charge on any atom is -0.350 e. The maximum absolute atomic E-state index is 12.0. The van der Waals surface area contributed by atoms with Crippen molar-refractivity contribution in [1.29, 1.82) is 0 Å². The molecule has 2 N–H and O–H groups in total. The van der Waals surface area contributed by atoms with Gasteiger partial charge in [0.2, 0.25) is 5.91 Å². The summed E-state index contributed by atoms with van der Waals surface area (Å²) < 4.78 is 24.1. The molecule has 1 aliphatic rings. The van der Waals surface area contributed by atoms with E-state index in [1.807, 2.05) is 31.2 Å². The first kappa shape index (κ1) is 16.5. The van der Waals surface area contributed by atoms with Crippen LogP contribution in [0.3, 0.4) is 0 Å². The fraction of sp³-hybridized carbons (Fsp3) is 0.500. The molecule has 1 aromatic rings. The Labute approximate surface area is 133 Å². The summed E-state index contributed by atoms with van der Waals surface area (Å²) in [5.74, 6) is 0.0442. The third-order valence-corrected chi connectivity index (χ3v) is 5.69. The molecule has 0 aromatic heterocycles. The maximum atomic E-state index is 12.0. The van der Waals surface area contributed by atoms with Crippen molar-refractivity contribution in [1.82, 2.24) is 10.6 Å². The summed E-state index contributed by atoms with van der Waals surface area (Å²) in [5.41, 5.74) is 1.00. The molecule has 2 atom stereocenters. The Morgan fingerprint density at radius 1 is 1.52 bits per heavy atom. The second-order valence-electron chi connectivity index (χ2n) is 5.31. The van der Waals surface area contributed by atoms with E-state index in [4.69, 9.17) is 0 Å². The molecule has 1 fully saturated rings. The molecule has 1 amide bonds. The Bertz CT molecular complexity index is 618. The fourth-order valence-corrected chi connectivity index (χ4v) is 4.24. The first-order valence-corrected chi connectivity index (χ1v) is 9.46. The second-order valence-corrected chi connectivity index (χ2v) is 8.46. The summed E-state index contributed by atoms with van der Waals surface area (Å²) in [5, 5.41) is 5.98. The fourth-order valence-electron chi connectivity index (χ4n) is 2.38. The molecular formula is C14H19BrN2O3S. The average molecular weight is 375 g/mol. The van der Waals surface area contributed by atoms with Gasteiger partial charge in [-0.15, -0.1) is 0 Å². The van der Waals surface area contributed by atoms with Crippen molar-refractivity contribution < 1.29 is 13.2 Å². The summed E-state index contributed by atoms with van der Waals surface area (Å²) in [7, 11) is -3.01. The first-order chi connectivity index (χ1) is 9.85. The first-order valence-electron chi connectivity index (χ1n) is 6.84. The molecule has 0 aliphatic carbocycles. The predicted molar refractivity (Wildman–Crippen MR) is 85.8 cm³/mol. The van der Waals surface area contributed by atoms with Crippen molar-refractivity contribution in [3.63, 3.8) is 0 Å². The van der Waals surface area contributed by atoms with Gasteiger partial charge in [-0.25, -0.2) is 8.42 Å². The Morgan fingerprint density at radius 2 is 2.29 bits per heavy atom. The number of hydrogen-bond donors (Lipinski definition) is 2. The average Bonchev–Trinajstić information content (AvgIpc) is 2.37. The van der Waals surface area contributed by atoms with Gasteiger partial charge in [-0.05, 0) is 24.6 Å². The van der Waals surface area contributed by atoms with E-state index in [0.717, 1.165) is 10.0 Å². The van der Waals surface area contributed by atoms with Crippen molar-refractivity contribution >= 4 is 31.7 Å². The van der Waals surface area contributed by atoms with E-state index in [1.165, 1.54) is 0 Å².